The highest BCUT2D eigenvalue weighted by atomic mass is 15.4. The largest absolute Gasteiger partial charge is 0.370 e. The topological polar surface area (TPSA) is 41.6 Å². The number of hydrogen-bond donors (Lipinski definition) is 1. The monoisotopic (exact) mass is 263 g/mol. The van der Waals surface area contributed by atoms with Crippen molar-refractivity contribution in [2.24, 2.45) is 16.1 Å². The number of aliphatic imine (C=N–C) groups is 1. The standard InChI is InChI=1S/C16H29N3/c1-15(2)8-5-9-16(11-10-15)12-18-14(17)19(16)13-6-3-4-7-13/h13H,3-12H2,1-2H3,(H2,17,18). The summed E-state index contributed by atoms with van der Waals surface area (Å²) in [6, 6.07) is 0.674. The smallest absolute Gasteiger partial charge is 0.192 e. The third kappa shape index (κ3) is 2.36. The van der Waals surface area contributed by atoms with Gasteiger partial charge in [-0.05, 0) is 43.9 Å². The molecular formula is C16H29N3. The SMILES string of the molecule is CC1(C)CCCC2(CC1)CN=C(N)N2C1CCCC1. The number of nitrogens with two attached hydrogens (primary N) is 1. The van der Waals surface area contributed by atoms with Crippen LogP contribution in [0.15, 0.2) is 4.99 Å². The van der Waals surface area contributed by atoms with Gasteiger partial charge in [0, 0.05) is 6.04 Å². The lowest BCUT2D eigenvalue weighted by atomic mass is 9.83. The van der Waals surface area contributed by atoms with E-state index in [1.54, 1.807) is 0 Å². The summed E-state index contributed by atoms with van der Waals surface area (Å²) in [5.41, 5.74) is 7.03. The minimum Gasteiger partial charge on any atom is -0.370 e. The minimum absolute atomic E-state index is 0.271. The zero-order valence-corrected chi connectivity index (χ0v) is 12.6. The molecule has 3 nitrogen and oxygen atoms in total. The van der Waals surface area contributed by atoms with E-state index in [-0.39, 0.29) is 5.54 Å². The van der Waals surface area contributed by atoms with Crippen LogP contribution in [0.2, 0.25) is 0 Å². The van der Waals surface area contributed by atoms with E-state index in [4.69, 9.17) is 5.73 Å². The molecule has 3 aliphatic rings. The quantitative estimate of drug-likeness (QED) is 0.788. The molecule has 0 bridgehead atoms. The molecule has 2 N–H and O–H groups in total. The molecule has 108 valence electrons. The van der Waals surface area contributed by atoms with Crippen molar-refractivity contribution in [2.75, 3.05) is 6.54 Å². The highest BCUT2D eigenvalue weighted by molar-refractivity contribution is 5.81. The van der Waals surface area contributed by atoms with Gasteiger partial charge in [0.05, 0.1) is 12.1 Å². The highest BCUT2D eigenvalue weighted by Gasteiger charge is 2.47. The van der Waals surface area contributed by atoms with Crippen LogP contribution in [-0.4, -0.2) is 29.0 Å². The van der Waals surface area contributed by atoms with Crippen molar-refractivity contribution >= 4 is 5.96 Å². The lowest BCUT2D eigenvalue weighted by Crippen LogP contribution is -2.55. The summed E-state index contributed by atoms with van der Waals surface area (Å²) in [6.07, 6.45) is 12.0. The van der Waals surface area contributed by atoms with Crippen LogP contribution in [0.25, 0.3) is 0 Å². The fourth-order valence-electron chi connectivity index (χ4n) is 4.48. The Morgan fingerprint density at radius 2 is 1.79 bits per heavy atom. The summed E-state index contributed by atoms with van der Waals surface area (Å²) in [5.74, 6) is 0.839. The Morgan fingerprint density at radius 3 is 2.53 bits per heavy atom. The van der Waals surface area contributed by atoms with E-state index in [0.717, 1.165) is 12.5 Å². The number of hydrogen-bond acceptors (Lipinski definition) is 3. The van der Waals surface area contributed by atoms with Gasteiger partial charge in [0.15, 0.2) is 5.96 Å². The fourth-order valence-corrected chi connectivity index (χ4v) is 4.48. The van der Waals surface area contributed by atoms with Crippen LogP contribution in [0.3, 0.4) is 0 Å². The summed E-state index contributed by atoms with van der Waals surface area (Å²) < 4.78 is 0. The van der Waals surface area contributed by atoms with Crippen molar-refractivity contribution in [3.63, 3.8) is 0 Å². The number of rotatable bonds is 1. The van der Waals surface area contributed by atoms with Crippen LogP contribution in [0.5, 0.6) is 0 Å². The normalized spacial score (nSPS) is 35.7. The van der Waals surface area contributed by atoms with E-state index < -0.39 is 0 Å². The molecule has 3 heteroatoms. The third-order valence-corrected chi connectivity index (χ3v) is 5.75. The van der Waals surface area contributed by atoms with Crippen molar-refractivity contribution in [1.29, 1.82) is 0 Å². The fraction of sp³-hybridized carbons (Fsp3) is 0.938. The lowest BCUT2D eigenvalue weighted by Gasteiger charge is -2.43. The minimum atomic E-state index is 0.271. The Hall–Kier alpha value is -0.730. The van der Waals surface area contributed by atoms with E-state index in [2.05, 4.69) is 23.7 Å². The van der Waals surface area contributed by atoms with E-state index in [1.807, 2.05) is 0 Å². The molecule has 1 heterocycles. The highest BCUT2D eigenvalue weighted by Crippen LogP contribution is 2.44. The van der Waals surface area contributed by atoms with Crippen LogP contribution in [0, 0.1) is 5.41 Å². The summed E-state index contributed by atoms with van der Waals surface area (Å²) in [7, 11) is 0. The van der Waals surface area contributed by atoms with Crippen LogP contribution in [0.4, 0.5) is 0 Å². The zero-order chi connectivity index (χ0) is 13.5. The average molecular weight is 263 g/mol. The Bertz CT molecular complexity index is 368. The van der Waals surface area contributed by atoms with Crippen molar-refractivity contribution in [2.45, 2.75) is 83.2 Å². The molecule has 19 heavy (non-hydrogen) atoms. The van der Waals surface area contributed by atoms with Crippen molar-refractivity contribution in [3.8, 4) is 0 Å². The summed E-state index contributed by atoms with van der Waals surface area (Å²) >= 11 is 0. The van der Waals surface area contributed by atoms with Gasteiger partial charge in [-0.3, -0.25) is 4.99 Å². The van der Waals surface area contributed by atoms with Gasteiger partial charge in [-0.1, -0.05) is 33.1 Å². The first-order valence-electron chi connectivity index (χ1n) is 8.12. The molecule has 0 amide bonds. The van der Waals surface area contributed by atoms with Crippen LogP contribution in [-0.2, 0) is 0 Å². The van der Waals surface area contributed by atoms with E-state index in [0.29, 0.717) is 11.5 Å². The second-order valence-corrected chi connectivity index (χ2v) is 7.72. The molecule has 1 atom stereocenters. The Morgan fingerprint density at radius 1 is 1.05 bits per heavy atom. The number of nitrogens with zero attached hydrogens (tertiary/aromatic N) is 2. The van der Waals surface area contributed by atoms with E-state index >= 15 is 0 Å². The maximum absolute atomic E-state index is 6.26. The second-order valence-electron chi connectivity index (χ2n) is 7.72. The predicted octanol–water partition coefficient (Wildman–Crippen LogP) is 3.29. The van der Waals surface area contributed by atoms with Gasteiger partial charge >= 0.3 is 0 Å². The third-order valence-electron chi connectivity index (χ3n) is 5.75. The van der Waals surface area contributed by atoms with Gasteiger partial charge in [-0.2, -0.15) is 0 Å². The molecule has 0 saturated heterocycles. The molecule has 2 saturated carbocycles. The van der Waals surface area contributed by atoms with Gasteiger partial charge < -0.3 is 10.6 Å². The molecule has 2 fully saturated rings. The summed E-state index contributed by atoms with van der Waals surface area (Å²) in [6.45, 7) is 5.79. The van der Waals surface area contributed by atoms with Gasteiger partial charge in [-0.25, -0.2) is 0 Å². The molecule has 1 aliphatic heterocycles. The van der Waals surface area contributed by atoms with Crippen molar-refractivity contribution in [1.82, 2.24) is 4.90 Å². The number of guanidine groups is 1. The van der Waals surface area contributed by atoms with Crippen molar-refractivity contribution < 1.29 is 0 Å². The Labute approximate surface area is 117 Å². The molecule has 3 rings (SSSR count). The Balaban J connectivity index is 1.81. The van der Waals surface area contributed by atoms with E-state index in [9.17, 15) is 0 Å². The Kier molecular flexibility index (Phi) is 3.26. The van der Waals surface area contributed by atoms with Crippen LogP contribution >= 0.6 is 0 Å². The average Bonchev–Trinajstić information content (AvgIpc) is 2.92. The van der Waals surface area contributed by atoms with Gasteiger partial charge in [0.2, 0.25) is 0 Å². The van der Waals surface area contributed by atoms with Gasteiger partial charge in [0.25, 0.3) is 0 Å². The van der Waals surface area contributed by atoms with E-state index in [1.165, 1.54) is 57.8 Å². The van der Waals surface area contributed by atoms with Gasteiger partial charge in [0.1, 0.15) is 0 Å². The zero-order valence-electron chi connectivity index (χ0n) is 12.6. The molecule has 2 aliphatic carbocycles. The maximum Gasteiger partial charge on any atom is 0.192 e. The molecular weight excluding hydrogens is 234 g/mol. The first-order chi connectivity index (χ1) is 9.03. The molecule has 0 aromatic heterocycles. The first-order valence-corrected chi connectivity index (χ1v) is 8.12. The second kappa shape index (κ2) is 4.68. The molecule has 1 unspecified atom stereocenters. The van der Waals surface area contributed by atoms with Crippen molar-refractivity contribution in [3.05, 3.63) is 0 Å². The lowest BCUT2D eigenvalue weighted by molar-refractivity contribution is 0.126. The first kappa shape index (κ1) is 13.3. The maximum atomic E-state index is 6.26. The molecule has 0 radical (unpaired) electrons. The van der Waals surface area contributed by atoms with Crippen LogP contribution in [0.1, 0.15) is 71.6 Å². The molecule has 0 aromatic carbocycles. The molecule has 1 spiro atoms. The van der Waals surface area contributed by atoms with Gasteiger partial charge in [-0.15, -0.1) is 0 Å². The van der Waals surface area contributed by atoms with Crippen LogP contribution < -0.4 is 5.73 Å². The summed E-state index contributed by atoms with van der Waals surface area (Å²) in [4.78, 5) is 7.21. The predicted molar refractivity (Wildman–Crippen MR) is 80.2 cm³/mol. The molecule has 0 aromatic rings. The summed E-state index contributed by atoms with van der Waals surface area (Å²) in [5, 5.41) is 0.